The first kappa shape index (κ1) is 9.65. The van der Waals surface area contributed by atoms with Crippen LogP contribution in [0, 0.1) is 0 Å². The molecule has 1 aromatic rings. The van der Waals surface area contributed by atoms with E-state index in [9.17, 15) is 0 Å². The van der Waals surface area contributed by atoms with E-state index < -0.39 is 0 Å². The molecule has 0 amide bonds. The Hall–Kier alpha value is -1.90. The van der Waals surface area contributed by atoms with Crippen LogP contribution in [0.5, 0.6) is 0 Å². The quantitative estimate of drug-likeness (QED) is 0.574. The van der Waals surface area contributed by atoms with Crippen LogP contribution in [0.2, 0.25) is 0 Å². The average molecular weight is 199 g/mol. The number of nitrogens with two attached hydrogens (primary N) is 1. The Morgan fingerprint density at radius 3 is 2.47 bits per heavy atom. The summed E-state index contributed by atoms with van der Waals surface area (Å²) >= 11 is 0. The van der Waals surface area contributed by atoms with Gasteiger partial charge in [-0.25, -0.2) is 0 Å². The maximum atomic E-state index is 5.57. The molecular weight excluding hydrogens is 186 g/mol. The van der Waals surface area contributed by atoms with E-state index in [1.807, 2.05) is 30.3 Å². The van der Waals surface area contributed by atoms with Crippen LogP contribution in [-0.2, 0) is 0 Å². The summed E-state index contributed by atoms with van der Waals surface area (Å²) in [5.74, 6) is 0. The molecule has 0 aliphatic heterocycles. The molecule has 0 radical (unpaired) electrons. The van der Waals surface area contributed by atoms with Crippen LogP contribution in [0.15, 0.2) is 58.4 Å². The second kappa shape index (κ2) is 4.55. The number of allylic oxidation sites excluding steroid dienone is 3. The summed E-state index contributed by atoms with van der Waals surface area (Å²) in [6.45, 7) is 0. The number of hydrogen-bond acceptors (Lipinski definition) is 3. The molecule has 0 fully saturated rings. The predicted molar refractivity (Wildman–Crippen MR) is 61.8 cm³/mol. The van der Waals surface area contributed by atoms with Crippen LogP contribution in [0.25, 0.3) is 0 Å². The Bertz CT molecular complexity index is 413. The van der Waals surface area contributed by atoms with Gasteiger partial charge in [0.25, 0.3) is 0 Å². The smallest absolute Gasteiger partial charge is 0.0858 e. The van der Waals surface area contributed by atoms with Crippen molar-refractivity contribution < 1.29 is 0 Å². The molecule has 3 nitrogen and oxygen atoms in total. The van der Waals surface area contributed by atoms with Crippen molar-refractivity contribution in [1.82, 2.24) is 0 Å². The van der Waals surface area contributed by atoms with Gasteiger partial charge in [-0.3, -0.25) is 0 Å². The van der Waals surface area contributed by atoms with Crippen molar-refractivity contribution in [2.45, 2.75) is 12.8 Å². The second-order valence-corrected chi connectivity index (χ2v) is 3.40. The van der Waals surface area contributed by atoms with Crippen molar-refractivity contribution in [2.24, 2.45) is 10.2 Å². The zero-order valence-electron chi connectivity index (χ0n) is 8.43. The van der Waals surface area contributed by atoms with Gasteiger partial charge < -0.3 is 5.73 Å². The third-order valence-electron chi connectivity index (χ3n) is 2.15. The third-order valence-corrected chi connectivity index (χ3v) is 2.15. The van der Waals surface area contributed by atoms with Gasteiger partial charge in [-0.05, 0) is 43.2 Å². The lowest BCUT2D eigenvalue weighted by Gasteiger charge is -1.99. The molecule has 15 heavy (non-hydrogen) atoms. The first-order valence-electron chi connectivity index (χ1n) is 4.98. The van der Waals surface area contributed by atoms with E-state index in [-0.39, 0.29) is 0 Å². The van der Waals surface area contributed by atoms with Crippen LogP contribution in [0.1, 0.15) is 12.8 Å². The van der Waals surface area contributed by atoms with Crippen LogP contribution in [0.3, 0.4) is 0 Å². The van der Waals surface area contributed by atoms with E-state index in [1.54, 1.807) is 0 Å². The summed E-state index contributed by atoms with van der Waals surface area (Å²) in [5, 5.41) is 8.26. The van der Waals surface area contributed by atoms with Gasteiger partial charge in [0, 0.05) is 5.69 Å². The standard InChI is InChI=1S/C12H13N3/c13-10-6-8-12(9-7-10)15-14-11-4-2-1-3-5-11/h2,4-9H,1,3,13H2. The maximum Gasteiger partial charge on any atom is 0.0858 e. The molecular formula is C12H13N3. The van der Waals surface area contributed by atoms with Crippen molar-refractivity contribution >= 4 is 11.4 Å². The highest BCUT2D eigenvalue weighted by molar-refractivity contribution is 5.47. The molecule has 0 atom stereocenters. The minimum atomic E-state index is 0.741. The molecule has 2 rings (SSSR count). The maximum absolute atomic E-state index is 5.57. The Balaban J connectivity index is 2.08. The molecule has 3 heteroatoms. The number of azo groups is 1. The summed E-state index contributed by atoms with van der Waals surface area (Å²) in [5.41, 5.74) is 8.06. The third kappa shape index (κ3) is 2.77. The Morgan fingerprint density at radius 1 is 1.00 bits per heavy atom. The minimum Gasteiger partial charge on any atom is -0.399 e. The molecule has 0 unspecified atom stereocenters. The molecule has 0 saturated heterocycles. The van der Waals surface area contributed by atoms with E-state index in [2.05, 4.69) is 22.4 Å². The van der Waals surface area contributed by atoms with Crippen molar-refractivity contribution in [3.63, 3.8) is 0 Å². The first-order chi connectivity index (χ1) is 7.34. The molecule has 0 heterocycles. The van der Waals surface area contributed by atoms with Crippen LogP contribution < -0.4 is 5.73 Å². The zero-order chi connectivity index (χ0) is 10.5. The van der Waals surface area contributed by atoms with E-state index in [0.29, 0.717) is 0 Å². The van der Waals surface area contributed by atoms with E-state index in [1.165, 1.54) is 0 Å². The molecule has 1 aliphatic rings. The number of benzene rings is 1. The van der Waals surface area contributed by atoms with Crippen molar-refractivity contribution in [3.05, 3.63) is 48.2 Å². The molecule has 0 bridgehead atoms. The molecule has 0 aromatic heterocycles. The SMILES string of the molecule is Nc1ccc(N=NC2=CCCC=C2)cc1. The Kier molecular flexibility index (Phi) is 2.93. The lowest BCUT2D eigenvalue weighted by atomic mass is 10.2. The molecule has 0 spiro atoms. The fourth-order valence-electron chi connectivity index (χ4n) is 1.33. The Labute approximate surface area is 89.0 Å². The lowest BCUT2D eigenvalue weighted by molar-refractivity contribution is 0.993. The van der Waals surface area contributed by atoms with Gasteiger partial charge >= 0.3 is 0 Å². The largest absolute Gasteiger partial charge is 0.399 e. The number of nitrogens with zero attached hydrogens (tertiary/aromatic N) is 2. The van der Waals surface area contributed by atoms with Crippen molar-refractivity contribution in [3.8, 4) is 0 Å². The average Bonchev–Trinajstić information content (AvgIpc) is 2.30. The molecule has 76 valence electrons. The van der Waals surface area contributed by atoms with Gasteiger partial charge in [-0.15, -0.1) is 0 Å². The second-order valence-electron chi connectivity index (χ2n) is 3.40. The molecule has 0 saturated carbocycles. The van der Waals surface area contributed by atoms with Crippen LogP contribution in [-0.4, -0.2) is 0 Å². The van der Waals surface area contributed by atoms with Crippen molar-refractivity contribution in [1.29, 1.82) is 0 Å². The highest BCUT2D eigenvalue weighted by Gasteiger charge is 1.94. The fraction of sp³-hybridized carbons (Fsp3) is 0.167. The van der Waals surface area contributed by atoms with Gasteiger partial charge in [0.1, 0.15) is 0 Å². The number of rotatable bonds is 2. The normalized spacial score (nSPS) is 15.6. The van der Waals surface area contributed by atoms with Gasteiger partial charge in [-0.1, -0.05) is 12.2 Å². The molecule has 1 aliphatic carbocycles. The molecule has 2 N–H and O–H groups in total. The van der Waals surface area contributed by atoms with Gasteiger partial charge in [-0.2, -0.15) is 10.2 Å². The van der Waals surface area contributed by atoms with E-state index >= 15 is 0 Å². The first-order valence-corrected chi connectivity index (χ1v) is 4.98. The van der Waals surface area contributed by atoms with Gasteiger partial charge in [0.15, 0.2) is 0 Å². The fourth-order valence-corrected chi connectivity index (χ4v) is 1.33. The number of anilines is 1. The van der Waals surface area contributed by atoms with Gasteiger partial charge in [0.05, 0.1) is 11.4 Å². The van der Waals surface area contributed by atoms with Crippen LogP contribution in [0.4, 0.5) is 11.4 Å². The lowest BCUT2D eigenvalue weighted by Crippen LogP contribution is -1.81. The molecule has 1 aromatic carbocycles. The Morgan fingerprint density at radius 2 is 1.80 bits per heavy atom. The number of hydrogen-bond donors (Lipinski definition) is 1. The van der Waals surface area contributed by atoms with Gasteiger partial charge in [0.2, 0.25) is 0 Å². The summed E-state index contributed by atoms with van der Waals surface area (Å²) < 4.78 is 0. The van der Waals surface area contributed by atoms with E-state index in [4.69, 9.17) is 5.73 Å². The topological polar surface area (TPSA) is 50.7 Å². The summed E-state index contributed by atoms with van der Waals surface area (Å²) in [6.07, 6.45) is 8.33. The highest BCUT2D eigenvalue weighted by Crippen LogP contribution is 2.17. The monoisotopic (exact) mass is 199 g/mol. The summed E-state index contributed by atoms with van der Waals surface area (Å²) in [7, 11) is 0. The zero-order valence-corrected chi connectivity index (χ0v) is 8.43. The van der Waals surface area contributed by atoms with Crippen LogP contribution >= 0.6 is 0 Å². The summed E-state index contributed by atoms with van der Waals surface area (Å²) in [6, 6.07) is 7.34. The minimum absolute atomic E-state index is 0.741. The van der Waals surface area contributed by atoms with E-state index in [0.717, 1.165) is 29.9 Å². The predicted octanol–water partition coefficient (Wildman–Crippen LogP) is 3.59. The number of nitrogen functional groups attached to an aromatic ring is 1. The summed E-state index contributed by atoms with van der Waals surface area (Å²) in [4.78, 5) is 0. The highest BCUT2D eigenvalue weighted by atomic mass is 15.1. The van der Waals surface area contributed by atoms with Crippen molar-refractivity contribution in [2.75, 3.05) is 5.73 Å².